The molecule has 4 bridgehead atoms. The van der Waals surface area contributed by atoms with E-state index in [1.165, 1.54) is 51.4 Å². The molecule has 2 nitrogen and oxygen atoms in total. The van der Waals surface area contributed by atoms with Gasteiger partial charge in [0.15, 0.2) is 0 Å². The van der Waals surface area contributed by atoms with Gasteiger partial charge in [-0.05, 0) is 82.0 Å². The Morgan fingerprint density at radius 2 is 1.45 bits per heavy atom. The van der Waals surface area contributed by atoms with E-state index in [-0.39, 0.29) is 24.0 Å². The Morgan fingerprint density at radius 3 is 2.05 bits per heavy atom. The summed E-state index contributed by atoms with van der Waals surface area (Å²) in [5.74, 6) is 3.13. The maximum Gasteiger partial charge on any atom is 0.244 e. The highest BCUT2D eigenvalue weighted by molar-refractivity contribution is 5.05. The van der Waals surface area contributed by atoms with Crippen molar-refractivity contribution in [1.29, 1.82) is 0 Å². The van der Waals surface area contributed by atoms with Gasteiger partial charge in [-0.3, -0.25) is 0 Å². The third-order valence-electron chi connectivity index (χ3n) is 7.21. The summed E-state index contributed by atoms with van der Waals surface area (Å²) in [6.07, 6.45) is 23.4. The molecule has 5 saturated carbocycles. The first kappa shape index (κ1) is 15.5. The lowest BCUT2D eigenvalue weighted by molar-refractivity contribution is -0.725. The molecule has 5 fully saturated rings. The summed E-state index contributed by atoms with van der Waals surface area (Å²) < 4.78 is 5.21. The van der Waals surface area contributed by atoms with Crippen LogP contribution >= 0.6 is 0 Å². The van der Waals surface area contributed by atoms with E-state index in [1.807, 2.05) is 0 Å². The summed E-state index contributed by atoms with van der Waals surface area (Å²) in [6, 6.07) is 0.786. The maximum atomic E-state index is 2.66. The quantitative estimate of drug-likeness (QED) is 0.510. The van der Waals surface area contributed by atoms with Gasteiger partial charge in [-0.2, -0.15) is 0 Å². The van der Waals surface area contributed by atoms with Crippen LogP contribution in [0.2, 0.25) is 0 Å². The molecule has 1 aromatic heterocycles. The van der Waals surface area contributed by atoms with Gasteiger partial charge in [0.2, 0.25) is 6.33 Å². The van der Waals surface area contributed by atoms with Crippen LogP contribution in [-0.4, -0.2) is 4.57 Å². The van der Waals surface area contributed by atoms with Crippen molar-refractivity contribution in [2.24, 2.45) is 17.8 Å². The van der Waals surface area contributed by atoms with Crippen LogP contribution < -0.4 is 28.5 Å². The van der Waals surface area contributed by atoms with Gasteiger partial charge in [0, 0.05) is 0 Å². The number of imidazole rings is 1. The van der Waals surface area contributed by atoms with Gasteiger partial charge in [0.1, 0.15) is 24.0 Å². The molecule has 0 amide bonds. The fourth-order valence-electron chi connectivity index (χ4n) is 6.63. The van der Waals surface area contributed by atoms with Crippen molar-refractivity contribution < 1.29 is 28.5 Å². The molecule has 0 unspecified atom stereocenters. The monoisotopic (exact) mass is 412 g/mol. The minimum atomic E-state index is 0. The van der Waals surface area contributed by atoms with Gasteiger partial charge < -0.3 is 24.0 Å². The Bertz CT molecular complexity index is 494. The molecular formula is C19H29IN2. The fourth-order valence-corrected chi connectivity index (χ4v) is 6.63. The van der Waals surface area contributed by atoms with E-state index >= 15 is 0 Å². The Hall–Kier alpha value is -0.0600. The summed E-state index contributed by atoms with van der Waals surface area (Å²) >= 11 is 0. The van der Waals surface area contributed by atoms with E-state index in [0.29, 0.717) is 5.54 Å². The van der Waals surface area contributed by atoms with Crippen molar-refractivity contribution in [2.75, 3.05) is 0 Å². The highest BCUT2D eigenvalue weighted by Crippen LogP contribution is 2.58. The number of rotatable bonds is 2. The highest BCUT2D eigenvalue weighted by atomic mass is 127. The second-order valence-electron chi connectivity index (χ2n) is 8.70. The van der Waals surface area contributed by atoms with E-state index in [9.17, 15) is 0 Å². The van der Waals surface area contributed by atoms with Gasteiger partial charge in [-0.15, -0.1) is 0 Å². The summed E-state index contributed by atoms with van der Waals surface area (Å²) in [5, 5.41) is 0. The molecule has 6 rings (SSSR count). The van der Waals surface area contributed by atoms with Crippen LogP contribution in [0.1, 0.15) is 76.7 Å². The Kier molecular flexibility index (Phi) is 4.07. The van der Waals surface area contributed by atoms with Crippen LogP contribution in [0.3, 0.4) is 0 Å². The van der Waals surface area contributed by atoms with E-state index in [1.54, 1.807) is 19.3 Å². The first-order valence-corrected chi connectivity index (χ1v) is 9.40. The lowest BCUT2D eigenvalue weighted by Gasteiger charge is -2.54. The molecule has 122 valence electrons. The SMILES string of the molecule is [I-].c1c[n+](C2CCCCC2)cn1C12CC3CC(CC(C3)C1)C2. The fraction of sp³-hybridized carbons (Fsp3) is 0.842. The van der Waals surface area contributed by atoms with Crippen LogP contribution in [0.15, 0.2) is 18.7 Å². The molecule has 0 spiro atoms. The first-order valence-electron chi connectivity index (χ1n) is 9.40. The first-order chi connectivity index (χ1) is 10.3. The molecular weight excluding hydrogens is 383 g/mol. The third-order valence-corrected chi connectivity index (χ3v) is 7.21. The van der Waals surface area contributed by atoms with Crippen molar-refractivity contribution >= 4 is 0 Å². The molecule has 5 aliphatic rings. The van der Waals surface area contributed by atoms with Crippen molar-refractivity contribution in [3.05, 3.63) is 18.7 Å². The lowest BCUT2D eigenvalue weighted by atomic mass is 9.53. The maximum absolute atomic E-state index is 2.66. The van der Waals surface area contributed by atoms with Gasteiger partial charge in [-0.1, -0.05) is 6.42 Å². The lowest BCUT2D eigenvalue weighted by Crippen LogP contribution is -3.00. The van der Waals surface area contributed by atoms with E-state index in [2.05, 4.69) is 27.9 Å². The molecule has 0 aromatic carbocycles. The van der Waals surface area contributed by atoms with Crippen molar-refractivity contribution in [1.82, 2.24) is 4.57 Å². The van der Waals surface area contributed by atoms with Crippen molar-refractivity contribution in [2.45, 2.75) is 82.2 Å². The predicted molar refractivity (Wildman–Crippen MR) is 82.9 cm³/mol. The zero-order chi connectivity index (χ0) is 13.9. The molecule has 1 aromatic rings. The second kappa shape index (κ2) is 5.78. The average molecular weight is 412 g/mol. The normalized spacial score (nSPS) is 40.6. The molecule has 1 heterocycles. The van der Waals surface area contributed by atoms with Crippen LogP contribution in [0.5, 0.6) is 0 Å². The Labute approximate surface area is 151 Å². The van der Waals surface area contributed by atoms with Gasteiger partial charge in [-0.25, -0.2) is 9.13 Å². The third kappa shape index (κ3) is 2.46. The van der Waals surface area contributed by atoms with E-state index in [0.717, 1.165) is 23.8 Å². The zero-order valence-corrected chi connectivity index (χ0v) is 15.7. The summed E-state index contributed by atoms with van der Waals surface area (Å²) in [5.41, 5.74) is 0.509. The predicted octanol–water partition coefficient (Wildman–Crippen LogP) is 1.21. The summed E-state index contributed by atoms with van der Waals surface area (Å²) in [7, 11) is 0. The van der Waals surface area contributed by atoms with E-state index in [4.69, 9.17) is 0 Å². The zero-order valence-electron chi connectivity index (χ0n) is 13.6. The molecule has 22 heavy (non-hydrogen) atoms. The van der Waals surface area contributed by atoms with Gasteiger partial charge in [0.05, 0.1) is 0 Å². The molecule has 0 N–H and O–H groups in total. The minimum absolute atomic E-state index is 0. The Morgan fingerprint density at radius 1 is 0.864 bits per heavy atom. The smallest absolute Gasteiger partial charge is 0.244 e. The summed E-state index contributed by atoms with van der Waals surface area (Å²) in [6.45, 7) is 0. The van der Waals surface area contributed by atoms with Crippen molar-refractivity contribution in [3.8, 4) is 0 Å². The molecule has 0 radical (unpaired) electrons. The number of aromatic nitrogens is 2. The van der Waals surface area contributed by atoms with Crippen LogP contribution in [-0.2, 0) is 5.54 Å². The standard InChI is InChI=1S/C19H29N2.HI/c1-2-4-18(5-3-1)20-6-7-21(14-20)19-11-15-8-16(12-19)10-17(9-15)13-19;/h6-7,14-18H,1-5,8-13H2;1H/q+1;/p-1. The van der Waals surface area contributed by atoms with Gasteiger partial charge >= 0.3 is 0 Å². The van der Waals surface area contributed by atoms with Crippen LogP contribution in [0.25, 0.3) is 0 Å². The number of halogens is 1. The average Bonchev–Trinajstić information content (AvgIpc) is 2.97. The minimum Gasteiger partial charge on any atom is -1.00 e. The molecule has 5 aliphatic carbocycles. The van der Waals surface area contributed by atoms with Crippen molar-refractivity contribution in [3.63, 3.8) is 0 Å². The molecule has 3 heteroatoms. The topological polar surface area (TPSA) is 8.81 Å². The van der Waals surface area contributed by atoms with Crippen LogP contribution in [0.4, 0.5) is 0 Å². The number of hydrogen-bond donors (Lipinski definition) is 0. The van der Waals surface area contributed by atoms with E-state index < -0.39 is 0 Å². The largest absolute Gasteiger partial charge is 1.00 e. The number of nitrogens with zero attached hydrogens (tertiary/aromatic N) is 2. The van der Waals surface area contributed by atoms with Crippen LogP contribution in [0, 0.1) is 17.8 Å². The Balaban J connectivity index is 0.00000125. The summed E-state index contributed by atoms with van der Waals surface area (Å²) in [4.78, 5) is 0. The van der Waals surface area contributed by atoms with Gasteiger partial charge in [0.25, 0.3) is 0 Å². The second-order valence-corrected chi connectivity index (χ2v) is 8.70. The molecule has 0 atom stereocenters. The number of hydrogen-bond acceptors (Lipinski definition) is 0. The molecule has 0 saturated heterocycles. The molecule has 0 aliphatic heterocycles. The highest BCUT2D eigenvalue weighted by Gasteiger charge is 2.54.